The summed E-state index contributed by atoms with van der Waals surface area (Å²) < 4.78 is 2.64. The van der Waals surface area contributed by atoms with E-state index in [4.69, 9.17) is 0 Å². The predicted molar refractivity (Wildman–Crippen MR) is 235 cm³/mol. The maximum Gasteiger partial charge on any atom is 0.0546 e. The topological polar surface area (TPSA) is 3.24 Å². The number of anilines is 3. The molecule has 54 heavy (non-hydrogen) atoms. The maximum absolute atomic E-state index is 2.47. The summed E-state index contributed by atoms with van der Waals surface area (Å²) >= 11 is 1.89. The minimum atomic E-state index is 1.12. The van der Waals surface area contributed by atoms with Gasteiger partial charge in [-0.3, -0.25) is 0 Å². The van der Waals surface area contributed by atoms with Gasteiger partial charge in [0.15, 0.2) is 0 Å². The van der Waals surface area contributed by atoms with Gasteiger partial charge >= 0.3 is 0 Å². The van der Waals surface area contributed by atoms with Gasteiger partial charge in [0.1, 0.15) is 0 Å². The second kappa shape index (κ2) is 12.4. The van der Waals surface area contributed by atoms with Crippen molar-refractivity contribution in [2.24, 2.45) is 0 Å². The Morgan fingerprint density at radius 1 is 0.315 bits per heavy atom. The molecule has 0 aliphatic rings. The Kier molecular flexibility index (Phi) is 7.11. The molecule has 0 aliphatic heterocycles. The minimum Gasteiger partial charge on any atom is -0.310 e. The molecule has 10 aromatic carbocycles. The van der Waals surface area contributed by atoms with Crippen molar-refractivity contribution in [1.29, 1.82) is 0 Å². The molecule has 11 rings (SSSR count). The maximum atomic E-state index is 2.47. The summed E-state index contributed by atoms with van der Waals surface area (Å²) in [7, 11) is 0. The highest BCUT2D eigenvalue weighted by molar-refractivity contribution is 7.26. The average Bonchev–Trinajstić information content (AvgIpc) is 3.63. The van der Waals surface area contributed by atoms with Crippen molar-refractivity contribution in [3.63, 3.8) is 0 Å². The molecule has 11 aromatic rings. The fraction of sp³-hybridized carbons (Fsp3) is 0. The number of benzene rings is 10. The van der Waals surface area contributed by atoms with Gasteiger partial charge in [0, 0.05) is 36.9 Å². The molecule has 0 spiro atoms. The fourth-order valence-corrected chi connectivity index (χ4v) is 9.63. The monoisotopic (exact) mass is 703 g/mol. The van der Waals surface area contributed by atoms with Crippen molar-refractivity contribution in [2.75, 3.05) is 4.90 Å². The lowest BCUT2D eigenvalue weighted by molar-refractivity contribution is 1.30. The molecule has 252 valence electrons. The Balaban J connectivity index is 1.18. The Bertz CT molecular complexity index is 3210. The highest BCUT2D eigenvalue weighted by atomic mass is 32.1. The smallest absolute Gasteiger partial charge is 0.0546 e. The van der Waals surface area contributed by atoms with Crippen molar-refractivity contribution in [2.45, 2.75) is 0 Å². The summed E-state index contributed by atoms with van der Waals surface area (Å²) in [4.78, 5) is 2.47. The highest BCUT2D eigenvalue weighted by Crippen LogP contribution is 2.46. The number of hydrogen-bond acceptors (Lipinski definition) is 2. The minimum absolute atomic E-state index is 1.12. The molecule has 0 N–H and O–H groups in total. The zero-order valence-electron chi connectivity index (χ0n) is 29.4. The molecule has 1 nitrogen and oxygen atoms in total. The van der Waals surface area contributed by atoms with Gasteiger partial charge in [-0.2, -0.15) is 0 Å². The molecule has 0 unspecified atom stereocenters. The van der Waals surface area contributed by atoms with E-state index in [1.807, 2.05) is 11.3 Å². The lowest BCUT2D eigenvalue weighted by Gasteiger charge is -2.28. The summed E-state index contributed by atoms with van der Waals surface area (Å²) in [5.74, 6) is 0. The normalized spacial score (nSPS) is 11.7. The van der Waals surface area contributed by atoms with Crippen molar-refractivity contribution in [1.82, 2.24) is 0 Å². The molecule has 0 amide bonds. The van der Waals surface area contributed by atoms with Crippen LogP contribution in [0, 0.1) is 0 Å². The Morgan fingerprint density at radius 3 is 1.72 bits per heavy atom. The van der Waals surface area contributed by atoms with Gasteiger partial charge in [-0.25, -0.2) is 0 Å². The van der Waals surface area contributed by atoms with Gasteiger partial charge in [-0.05, 0) is 108 Å². The molecule has 0 saturated heterocycles. The molecule has 2 heteroatoms. The lowest BCUT2D eigenvalue weighted by atomic mass is 9.91. The average molecular weight is 704 g/mol. The van der Waals surface area contributed by atoms with Gasteiger partial charge in [0.05, 0.1) is 5.69 Å². The second-order valence-corrected chi connectivity index (χ2v) is 15.2. The van der Waals surface area contributed by atoms with Crippen LogP contribution in [-0.4, -0.2) is 0 Å². The second-order valence-electron chi connectivity index (χ2n) is 14.1. The summed E-state index contributed by atoms with van der Waals surface area (Å²) in [6.07, 6.45) is 0. The summed E-state index contributed by atoms with van der Waals surface area (Å²) in [5.41, 5.74) is 8.25. The zero-order valence-corrected chi connectivity index (χ0v) is 30.2. The molecular formula is C52H33NS. The van der Waals surface area contributed by atoms with Gasteiger partial charge in [0.2, 0.25) is 0 Å². The third-order valence-corrected chi connectivity index (χ3v) is 12.2. The molecule has 1 heterocycles. The molecule has 0 atom stereocenters. The molecule has 0 aliphatic carbocycles. The van der Waals surface area contributed by atoms with Crippen molar-refractivity contribution in [3.8, 4) is 22.3 Å². The third-order valence-electron chi connectivity index (χ3n) is 11.0. The number of fused-ring (bicyclic) bond motifs is 9. The molecule has 0 radical (unpaired) electrons. The van der Waals surface area contributed by atoms with Crippen LogP contribution >= 0.6 is 11.3 Å². The van der Waals surface area contributed by atoms with E-state index in [0.717, 1.165) is 17.1 Å². The van der Waals surface area contributed by atoms with Crippen LogP contribution < -0.4 is 4.90 Å². The zero-order chi connectivity index (χ0) is 35.6. The van der Waals surface area contributed by atoms with E-state index in [1.165, 1.54) is 85.5 Å². The largest absolute Gasteiger partial charge is 0.310 e. The van der Waals surface area contributed by atoms with Gasteiger partial charge in [0.25, 0.3) is 0 Å². The van der Waals surface area contributed by atoms with E-state index in [1.54, 1.807) is 0 Å². The number of nitrogens with zero attached hydrogens (tertiary/aromatic N) is 1. The predicted octanol–water partition coefficient (Wildman–Crippen LogP) is 15.5. The van der Waals surface area contributed by atoms with Crippen molar-refractivity contribution >= 4 is 91.7 Å². The summed E-state index contributed by atoms with van der Waals surface area (Å²) in [6.45, 7) is 0. The van der Waals surface area contributed by atoms with E-state index in [2.05, 4.69) is 205 Å². The first-order valence-corrected chi connectivity index (χ1v) is 19.3. The van der Waals surface area contributed by atoms with E-state index in [0.29, 0.717) is 0 Å². The summed E-state index contributed by atoms with van der Waals surface area (Å²) in [5, 5.41) is 12.7. The Morgan fingerprint density at radius 2 is 0.926 bits per heavy atom. The third kappa shape index (κ3) is 4.99. The van der Waals surface area contributed by atoms with Crippen LogP contribution in [0.2, 0.25) is 0 Å². The quantitative estimate of drug-likeness (QED) is 0.161. The Hall–Kier alpha value is -6.74. The first-order chi connectivity index (χ1) is 26.8. The van der Waals surface area contributed by atoms with Crippen LogP contribution in [0.3, 0.4) is 0 Å². The van der Waals surface area contributed by atoms with E-state index >= 15 is 0 Å². The van der Waals surface area contributed by atoms with Gasteiger partial charge in [-0.15, -0.1) is 11.3 Å². The van der Waals surface area contributed by atoms with Crippen LogP contribution in [0.15, 0.2) is 200 Å². The first-order valence-electron chi connectivity index (χ1n) is 18.5. The van der Waals surface area contributed by atoms with E-state index in [9.17, 15) is 0 Å². The molecule has 0 bridgehead atoms. The SMILES string of the molecule is c1ccc(-c2ccc(N(c3ccc4sc5c6ccccc6ccc5c4c3)c3cc(-c4cc5ccccc5c5ccccc45)cc4ccccc34)cc2)cc1. The van der Waals surface area contributed by atoms with Crippen LogP contribution in [0.5, 0.6) is 0 Å². The summed E-state index contributed by atoms with van der Waals surface area (Å²) in [6, 6.07) is 73.6. The molecule has 0 saturated carbocycles. The van der Waals surface area contributed by atoms with Gasteiger partial charge in [-0.1, -0.05) is 152 Å². The van der Waals surface area contributed by atoms with Crippen molar-refractivity contribution in [3.05, 3.63) is 200 Å². The molecule has 1 aromatic heterocycles. The standard InChI is InChI=1S/C52H33NS/c1-2-12-34(13-3-1)35-22-25-40(26-23-35)53(41-27-29-51-49(33-41)47-28-24-36-14-4-9-19-44(36)52(47)54-51)50-32-39(30-37-15-6-8-18-43(37)50)48-31-38-16-5-7-17-42(38)45-20-10-11-21-46(45)48/h1-33H. The van der Waals surface area contributed by atoms with Crippen LogP contribution in [-0.2, 0) is 0 Å². The first kappa shape index (κ1) is 30.8. The Labute approximate surface area is 317 Å². The molecule has 0 fully saturated rings. The van der Waals surface area contributed by atoms with E-state index < -0.39 is 0 Å². The number of rotatable bonds is 5. The van der Waals surface area contributed by atoms with Crippen LogP contribution in [0.4, 0.5) is 17.1 Å². The van der Waals surface area contributed by atoms with Crippen molar-refractivity contribution < 1.29 is 0 Å². The lowest BCUT2D eigenvalue weighted by Crippen LogP contribution is -2.10. The fourth-order valence-electron chi connectivity index (χ4n) is 8.42. The van der Waals surface area contributed by atoms with Crippen LogP contribution in [0.1, 0.15) is 0 Å². The number of hydrogen-bond donors (Lipinski definition) is 0. The van der Waals surface area contributed by atoms with Gasteiger partial charge < -0.3 is 4.90 Å². The molecular weight excluding hydrogens is 671 g/mol. The number of thiophene rings is 1. The van der Waals surface area contributed by atoms with Crippen LogP contribution in [0.25, 0.3) is 85.5 Å². The highest BCUT2D eigenvalue weighted by Gasteiger charge is 2.20. The van der Waals surface area contributed by atoms with E-state index in [-0.39, 0.29) is 0 Å².